The zero-order valence-corrected chi connectivity index (χ0v) is 14.6. The molecule has 138 valence electrons. The van der Waals surface area contributed by atoms with Crippen molar-refractivity contribution in [2.24, 2.45) is 0 Å². The average molecular weight is 350 g/mol. The summed E-state index contributed by atoms with van der Waals surface area (Å²) in [4.78, 5) is 0. The molecule has 0 radical (unpaired) electrons. The molecule has 25 heavy (non-hydrogen) atoms. The molecule has 0 amide bonds. The molecule has 1 aromatic rings. The van der Waals surface area contributed by atoms with Crippen LogP contribution in [0.25, 0.3) is 0 Å². The Morgan fingerprint density at radius 2 is 1.36 bits per heavy atom. The summed E-state index contributed by atoms with van der Waals surface area (Å²) in [6.07, 6.45) is 5.84. The van der Waals surface area contributed by atoms with Crippen LogP contribution in [0.1, 0.15) is 49.7 Å². The molecule has 2 atom stereocenters. The Bertz CT molecular complexity index is 486. The monoisotopic (exact) mass is 350 g/mol. The van der Waals surface area contributed by atoms with Gasteiger partial charge in [-0.3, -0.25) is 0 Å². The van der Waals surface area contributed by atoms with Crippen molar-refractivity contribution in [3.05, 3.63) is 29.3 Å². The lowest BCUT2D eigenvalue weighted by Crippen LogP contribution is -2.31. The van der Waals surface area contributed by atoms with Crippen molar-refractivity contribution in [2.75, 3.05) is 13.2 Å². The summed E-state index contributed by atoms with van der Waals surface area (Å²) in [6.45, 7) is 2.22. The van der Waals surface area contributed by atoms with Gasteiger partial charge in [-0.2, -0.15) is 0 Å². The van der Waals surface area contributed by atoms with Crippen LogP contribution in [0.2, 0.25) is 0 Å². The van der Waals surface area contributed by atoms with Crippen LogP contribution in [0, 0.1) is 0 Å². The summed E-state index contributed by atoms with van der Waals surface area (Å²) >= 11 is 0. The van der Waals surface area contributed by atoms with Crippen molar-refractivity contribution in [1.82, 2.24) is 0 Å². The number of rotatable bonds is 7. The third-order valence-corrected chi connectivity index (χ3v) is 4.52. The van der Waals surface area contributed by atoms with Gasteiger partial charge in [-0.25, -0.2) is 0 Å². The van der Waals surface area contributed by atoms with E-state index >= 15 is 0 Å². The lowest BCUT2D eigenvalue weighted by atomic mass is 9.78. The van der Waals surface area contributed by atoms with E-state index in [1.54, 1.807) is 12.1 Å². The van der Waals surface area contributed by atoms with Gasteiger partial charge in [-0.05, 0) is 55.1 Å². The van der Waals surface area contributed by atoms with Crippen LogP contribution in [-0.2, 0) is 32.2 Å². The maximum Gasteiger partial charge on any atom is 0.488 e. The first-order valence-electron chi connectivity index (χ1n) is 9.16. The molecule has 2 N–H and O–H groups in total. The van der Waals surface area contributed by atoms with E-state index in [2.05, 4.69) is 0 Å². The van der Waals surface area contributed by atoms with E-state index in [-0.39, 0.29) is 12.6 Å². The van der Waals surface area contributed by atoms with E-state index in [1.165, 1.54) is 0 Å². The Kier molecular flexibility index (Phi) is 7.28. The lowest BCUT2D eigenvalue weighted by molar-refractivity contribution is -0.169. The van der Waals surface area contributed by atoms with Crippen LogP contribution in [0.4, 0.5) is 0 Å². The van der Waals surface area contributed by atoms with Gasteiger partial charge < -0.3 is 29.0 Å². The maximum absolute atomic E-state index is 9.53. The van der Waals surface area contributed by atoms with Crippen LogP contribution in [0.15, 0.2) is 18.2 Å². The highest BCUT2D eigenvalue weighted by atomic mass is 16.7. The predicted octanol–water partition coefficient (Wildman–Crippen LogP) is 1.45. The fourth-order valence-corrected chi connectivity index (χ4v) is 3.17. The number of hydrogen-bond donors (Lipinski definition) is 2. The Morgan fingerprint density at radius 1 is 0.840 bits per heavy atom. The van der Waals surface area contributed by atoms with Crippen LogP contribution < -0.4 is 5.46 Å². The highest BCUT2D eigenvalue weighted by Crippen LogP contribution is 2.18. The Labute approximate surface area is 149 Å². The standard InChI is InChI=1S/C18H27BO6/c20-19(21)16-10-14(12-24-17-5-1-3-7-22-17)9-15(11-16)13-25-18-6-2-4-8-23-18/h9-11,17-18,20-21H,1-8,12-13H2/t17-,18-/m0/s1. The minimum atomic E-state index is -1.52. The molecule has 2 saturated heterocycles. The van der Waals surface area contributed by atoms with Gasteiger partial charge in [0.15, 0.2) is 12.6 Å². The molecule has 2 fully saturated rings. The second-order valence-corrected chi connectivity index (χ2v) is 6.67. The fourth-order valence-electron chi connectivity index (χ4n) is 3.17. The Balaban J connectivity index is 1.59. The van der Waals surface area contributed by atoms with Gasteiger partial charge in [-0.1, -0.05) is 18.2 Å². The van der Waals surface area contributed by atoms with E-state index in [1.807, 2.05) is 6.07 Å². The summed E-state index contributed by atoms with van der Waals surface area (Å²) in [7, 11) is -1.52. The van der Waals surface area contributed by atoms with Crippen molar-refractivity contribution in [2.45, 2.75) is 64.3 Å². The first kappa shape index (κ1) is 18.8. The second-order valence-electron chi connectivity index (χ2n) is 6.67. The second kappa shape index (κ2) is 9.66. The lowest BCUT2D eigenvalue weighted by Gasteiger charge is -2.24. The quantitative estimate of drug-likeness (QED) is 0.725. The molecule has 2 aliphatic rings. The normalized spacial score (nSPS) is 24.2. The highest BCUT2D eigenvalue weighted by Gasteiger charge is 2.18. The third-order valence-electron chi connectivity index (χ3n) is 4.52. The molecule has 6 nitrogen and oxygen atoms in total. The van der Waals surface area contributed by atoms with Crippen LogP contribution >= 0.6 is 0 Å². The van der Waals surface area contributed by atoms with Crippen molar-refractivity contribution in [3.8, 4) is 0 Å². The first-order valence-corrected chi connectivity index (χ1v) is 9.16. The van der Waals surface area contributed by atoms with E-state index in [9.17, 15) is 10.0 Å². The van der Waals surface area contributed by atoms with Crippen LogP contribution in [0.5, 0.6) is 0 Å². The molecule has 2 heterocycles. The molecule has 3 rings (SSSR count). The summed E-state index contributed by atoms with van der Waals surface area (Å²) in [6, 6.07) is 5.46. The average Bonchev–Trinajstić information content (AvgIpc) is 2.66. The van der Waals surface area contributed by atoms with E-state index in [0.29, 0.717) is 18.7 Å². The summed E-state index contributed by atoms with van der Waals surface area (Å²) < 4.78 is 22.7. The fraction of sp³-hybridized carbons (Fsp3) is 0.667. The number of benzene rings is 1. The molecule has 0 saturated carbocycles. The largest absolute Gasteiger partial charge is 0.488 e. The Morgan fingerprint density at radius 3 is 1.76 bits per heavy atom. The minimum Gasteiger partial charge on any atom is -0.423 e. The summed E-state index contributed by atoms with van der Waals surface area (Å²) in [5, 5.41) is 19.1. The smallest absolute Gasteiger partial charge is 0.423 e. The molecule has 7 heteroatoms. The molecular formula is C18H27BO6. The molecule has 0 bridgehead atoms. The van der Waals surface area contributed by atoms with Gasteiger partial charge in [0, 0.05) is 13.2 Å². The van der Waals surface area contributed by atoms with Crippen molar-refractivity contribution < 1.29 is 29.0 Å². The van der Waals surface area contributed by atoms with Gasteiger partial charge in [0.25, 0.3) is 0 Å². The molecule has 0 spiro atoms. The zero-order chi connectivity index (χ0) is 17.5. The van der Waals surface area contributed by atoms with E-state index in [0.717, 1.165) is 62.9 Å². The van der Waals surface area contributed by atoms with Crippen LogP contribution in [-0.4, -0.2) is 43.0 Å². The zero-order valence-electron chi connectivity index (χ0n) is 14.6. The third kappa shape index (κ3) is 6.06. The molecule has 0 unspecified atom stereocenters. The molecule has 1 aromatic carbocycles. The van der Waals surface area contributed by atoms with Crippen molar-refractivity contribution in [1.29, 1.82) is 0 Å². The van der Waals surface area contributed by atoms with Crippen molar-refractivity contribution in [3.63, 3.8) is 0 Å². The molecule has 2 aliphatic heterocycles. The first-order chi connectivity index (χ1) is 12.2. The highest BCUT2D eigenvalue weighted by molar-refractivity contribution is 6.58. The topological polar surface area (TPSA) is 77.4 Å². The number of ether oxygens (including phenoxy) is 4. The van der Waals surface area contributed by atoms with Crippen LogP contribution in [0.3, 0.4) is 0 Å². The summed E-state index contributed by atoms with van der Waals surface area (Å²) in [5.74, 6) is 0. The van der Waals surface area contributed by atoms with Crippen molar-refractivity contribution >= 4 is 12.6 Å². The van der Waals surface area contributed by atoms with Gasteiger partial charge in [0.05, 0.1) is 13.2 Å². The van der Waals surface area contributed by atoms with E-state index < -0.39 is 7.12 Å². The maximum atomic E-state index is 9.53. The predicted molar refractivity (Wildman–Crippen MR) is 93.0 cm³/mol. The summed E-state index contributed by atoms with van der Waals surface area (Å²) in [5.41, 5.74) is 2.19. The SMILES string of the molecule is OB(O)c1cc(CO[C@H]2CCCCO2)cc(CO[C@H]2CCCCO2)c1. The molecule has 0 aliphatic carbocycles. The van der Waals surface area contributed by atoms with Gasteiger partial charge in [0.1, 0.15) is 0 Å². The molecular weight excluding hydrogens is 323 g/mol. The Hall–Kier alpha value is -0.955. The minimum absolute atomic E-state index is 0.174. The van der Waals surface area contributed by atoms with Gasteiger partial charge in [0.2, 0.25) is 0 Å². The molecule has 0 aromatic heterocycles. The van der Waals surface area contributed by atoms with E-state index in [4.69, 9.17) is 18.9 Å². The van der Waals surface area contributed by atoms with Gasteiger partial charge in [-0.15, -0.1) is 0 Å². The number of hydrogen-bond acceptors (Lipinski definition) is 6. The van der Waals surface area contributed by atoms with Gasteiger partial charge >= 0.3 is 7.12 Å².